The summed E-state index contributed by atoms with van der Waals surface area (Å²) in [7, 11) is 1.61. The van der Waals surface area contributed by atoms with Crippen LogP contribution in [0.3, 0.4) is 0 Å². The Bertz CT molecular complexity index is 1380. The van der Waals surface area contributed by atoms with Gasteiger partial charge in [-0.3, -0.25) is 9.89 Å². The first-order chi connectivity index (χ1) is 16.6. The summed E-state index contributed by atoms with van der Waals surface area (Å²) in [6, 6.07) is 18.9. The van der Waals surface area contributed by atoms with Crippen molar-refractivity contribution in [3.05, 3.63) is 94.9 Å². The summed E-state index contributed by atoms with van der Waals surface area (Å²) in [6.07, 6.45) is 0. The Balaban J connectivity index is 1.44. The monoisotopic (exact) mass is 457 g/mol. The number of carbonyl (C=O) groups excluding carboxylic acids is 1. The van der Waals surface area contributed by atoms with Gasteiger partial charge in [0.2, 0.25) is 6.79 Å². The maximum absolute atomic E-state index is 13.7. The molecule has 0 aliphatic carbocycles. The molecule has 1 N–H and O–H groups in total. The van der Waals surface area contributed by atoms with Gasteiger partial charge >= 0.3 is 0 Å². The van der Waals surface area contributed by atoms with E-state index in [9.17, 15) is 9.18 Å². The first kappa shape index (κ1) is 20.3. The number of halogens is 1. The average molecular weight is 457 g/mol. The summed E-state index contributed by atoms with van der Waals surface area (Å²) in [5, 5.41) is 7.41. The number of aromatic amines is 1. The number of H-pyrrole nitrogens is 1. The van der Waals surface area contributed by atoms with E-state index in [1.54, 1.807) is 24.1 Å². The average Bonchev–Trinajstić information content (AvgIpc) is 3.57. The van der Waals surface area contributed by atoms with Gasteiger partial charge in [-0.1, -0.05) is 18.2 Å². The molecule has 2 aliphatic rings. The van der Waals surface area contributed by atoms with Crippen LogP contribution in [-0.4, -0.2) is 34.9 Å². The fraction of sp³-hybridized carbons (Fsp3) is 0.154. The lowest BCUT2D eigenvalue weighted by atomic mass is 9.96. The van der Waals surface area contributed by atoms with Crippen molar-refractivity contribution in [3.8, 4) is 28.5 Å². The van der Waals surface area contributed by atoms with Crippen molar-refractivity contribution in [2.75, 3.05) is 13.9 Å². The van der Waals surface area contributed by atoms with E-state index in [4.69, 9.17) is 14.2 Å². The second-order valence-electron chi connectivity index (χ2n) is 8.16. The summed E-state index contributed by atoms with van der Waals surface area (Å²) in [4.78, 5) is 15.3. The molecule has 0 spiro atoms. The number of rotatable bonds is 5. The number of nitrogens with one attached hydrogen (secondary N) is 1. The number of methoxy groups -OCH3 is 1. The van der Waals surface area contributed by atoms with Crippen LogP contribution in [0.4, 0.5) is 4.39 Å². The molecule has 2 aliphatic heterocycles. The van der Waals surface area contributed by atoms with E-state index in [0.29, 0.717) is 29.4 Å². The molecule has 170 valence electrons. The zero-order valence-corrected chi connectivity index (χ0v) is 18.2. The number of hydrogen-bond donors (Lipinski definition) is 1. The summed E-state index contributed by atoms with van der Waals surface area (Å²) < 4.78 is 29.9. The Morgan fingerprint density at radius 3 is 2.59 bits per heavy atom. The van der Waals surface area contributed by atoms with Gasteiger partial charge in [0, 0.05) is 17.7 Å². The second-order valence-corrected chi connectivity index (χ2v) is 8.16. The van der Waals surface area contributed by atoms with E-state index in [2.05, 4.69) is 10.2 Å². The van der Waals surface area contributed by atoms with E-state index in [0.717, 1.165) is 28.0 Å². The summed E-state index contributed by atoms with van der Waals surface area (Å²) >= 11 is 0. The first-order valence-electron chi connectivity index (χ1n) is 10.8. The number of fused-ring (bicyclic) bond motifs is 2. The topological polar surface area (TPSA) is 76.7 Å². The van der Waals surface area contributed by atoms with Crippen LogP contribution in [0.5, 0.6) is 17.2 Å². The fourth-order valence-electron chi connectivity index (χ4n) is 4.56. The van der Waals surface area contributed by atoms with Crippen LogP contribution in [0.25, 0.3) is 11.3 Å². The van der Waals surface area contributed by atoms with E-state index < -0.39 is 6.04 Å². The lowest BCUT2D eigenvalue weighted by molar-refractivity contribution is 0.0730. The van der Waals surface area contributed by atoms with Gasteiger partial charge in [-0.15, -0.1) is 0 Å². The van der Waals surface area contributed by atoms with Crippen LogP contribution in [-0.2, 0) is 6.54 Å². The Kier molecular flexibility index (Phi) is 4.72. The SMILES string of the molecule is COc1ccc(-c2n[nH]c3c2C(c2ccc(F)cc2)N(Cc2ccc4c(c2)OCO4)C3=O)cc1. The minimum absolute atomic E-state index is 0.172. The maximum atomic E-state index is 13.7. The minimum Gasteiger partial charge on any atom is -0.497 e. The van der Waals surface area contributed by atoms with Crippen molar-refractivity contribution in [1.29, 1.82) is 0 Å². The molecule has 0 saturated heterocycles. The van der Waals surface area contributed by atoms with E-state index >= 15 is 0 Å². The molecule has 0 fully saturated rings. The number of ether oxygens (including phenoxy) is 3. The molecule has 34 heavy (non-hydrogen) atoms. The van der Waals surface area contributed by atoms with Crippen LogP contribution in [0.1, 0.15) is 33.2 Å². The van der Waals surface area contributed by atoms with Crippen LogP contribution >= 0.6 is 0 Å². The van der Waals surface area contributed by atoms with Crippen molar-refractivity contribution >= 4 is 5.91 Å². The Labute approximate surface area is 194 Å². The molecule has 8 heteroatoms. The maximum Gasteiger partial charge on any atom is 0.273 e. The molecular weight excluding hydrogens is 437 g/mol. The van der Waals surface area contributed by atoms with Crippen molar-refractivity contribution < 1.29 is 23.4 Å². The standard InChI is InChI=1S/C26H20FN3O4/c1-32-19-9-5-16(6-10-19)23-22-24(29-28-23)26(31)30(25(22)17-3-7-18(27)8-4-17)13-15-2-11-20-21(12-15)34-14-33-20/h2-12,25H,13-14H2,1H3,(H,28,29). The van der Waals surface area contributed by atoms with Crippen molar-refractivity contribution in [2.24, 2.45) is 0 Å². The summed E-state index contributed by atoms with van der Waals surface area (Å²) in [5.41, 5.74) is 4.42. The molecule has 4 aromatic rings. The largest absolute Gasteiger partial charge is 0.497 e. The molecule has 1 atom stereocenters. The van der Waals surface area contributed by atoms with Gasteiger partial charge < -0.3 is 19.1 Å². The van der Waals surface area contributed by atoms with Crippen LogP contribution in [0.15, 0.2) is 66.7 Å². The van der Waals surface area contributed by atoms with Gasteiger partial charge in [0.05, 0.1) is 18.8 Å². The number of carbonyl (C=O) groups is 1. The third-order valence-corrected chi connectivity index (χ3v) is 6.20. The highest BCUT2D eigenvalue weighted by Crippen LogP contribution is 2.44. The Morgan fingerprint density at radius 2 is 1.82 bits per heavy atom. The minimum atomic E-state index is -0.440. The normalized spacial score (nSPS) is 16.1. The molecule has 0 radical (unpaired) electrons. The van der Waals surface area contributed by atoms with E-state index in [-0.39, 0.29) is 18.5 Å². The molecule has 0 bridgehead atoms. The molecule has 3 heterocycles. The van der Waals surface area contributed by atoms with Crippen LogP contribution < -0.4 is 14.2 Å². The van der Waals surface area contributed by atoms with Crippen LogP contribution in [0, 0.1) is 5.82 Å². The van der Waals surface area contributed by atoms with Gasteiger partial charge in [0.25, 0.3) is 5.91 Å². The predicted octanol–water partition coefficient (Wildman–Crippen LogP) is 4.70. The fourth-order valence-corrected chi connectivity index (χ4v) is 4.56. The molecule has 1 amide bonds. The van der Waals surface area contributed by atoms with Crippen molar-refractivity contribution in [1.82, 2.24) is 15.1 Å². The van der Waals surface area contributed by atoms with Gasteiger partial charge in [-0.05, 0) is 59.7 Å². The lowest BCUT2D eigenvalue weighted by Crippen LogP contribution is -2.29. The number of hydrogen-bond acceptors (Lipinski definition) is 5. The second kappa shape index (κ2) is 7.91. The first-order valence-corrected chi connectivity index (χ1v) is 10.8. The zero-order chi connectivity index (χ0) is 23.2. The third-order valence-electron chi connectivity index (χ3n) is 6.20. The van der Waals surface area contributed by atoms with Gasteiger partial charge in [0.1, 0.15) is 17.3 Å². The summed E-state index contributed by atoms with van der Waals surface area (Å²) in [6.45, 7) is 0.517. The summed E-state index contributed by atoms with van der Waals surface area (Å²) in [5.74, 6) is 1.56. The quantitative estimate of drug-likeness (QED) is 0.470. The number of nitrogens with zero attached hydrogens (tertiary/aromatic N) is 2. The van der Waals surface area contributed by atoms with Crippen molar-refractivity contribution in [2.45, 2.75) is 12.6 Å². The Morgan fingerprint density at radius 1 is 1.06 bits per heavy atom. The molecule has 1 aromatic heterocycles. The molecule has 0 saturated carbocycles. The highest BCUT2D eigenvalue weighted by Gasteiger charge is 2.42. The predicted molar refractivity (Wildman–Crippen MR) is 121 cm³/mol. The Hall–Kier alpha value is -4.33. The van der Waals surface area contributed by atoms with Gasteiger partial charge in [-0.25, -0.2) is 4.39 Å². The lowest BCUT2D eigenvalue weighted by Gasteiger charge is -2.26. The number of amides is 1. The zero-order valence-electron chi connectivity index (χ0n) is 18.2. The molecule has 3 aromatic carbocycles. The molecule has 7 nitrogen and oxygen atoms in total. The highest BCUT2D eigenvalue weighted by atomic mass is 19.1. The highest BCUT2D eigenvalue weighted by molar-refractivity contribution is 6.00. The number of benzene rings is 3. The van der Waals surface area contributed by atoms with Crippen LogP contribution in [0.2, 0.25) is 0 Å². The van der Waals surface area contributed by atoms with Gasteiger partial charge in [-0.2, -0.15) is 5.10 Å². The van der Waals surface area contributed by atoms with E-state index in [1.165, 1.54) is 12.1 Å². The van der Waals surface area contributed by atoms with Gasteiger partial charge in [0.15, 0.2) is 11.5 Å². The molecule has 1 unspecified atom stereocenters. The molecule has 6 rings (SSSR count). The van der Waals surface area contributed by atoms with E-state index in [1.807, 2.05) is 42.5 Å². The third kappa shape index (κ3) is 3.26. The van der Waals surface area contributed by atoms with Crippen molar-refractivity contribution in [3.63, 3.8) is 0 Å². The smallest absolute Gasteiger partial charge is 0.273 e. The number of aromatic nitrogens is 2. The molecular formula is C26H20FN3O4.